The summed E-state index contributed by atoms with van der Waals surface area (Å²) in [5, 5.41) is 8.32. The molecule has 0 aromatic heterocycles. The molecule has 0 radical (unpaired) electrons. The van der Waals surface area contributed by atoms with E-state index in [1.165, 1.54) is 0 Å². The van der Waals surface area contributed by atoms with Crippen molar-refractivity contribution in [2.75, 3.05) is 31.7 Å². The van der Waals surface area contributed by atoms with E-state index in [2.05, 4.69) is 0 Å². The molecule has 3 nitrogen and oxygen atoms in total. The van der Waals surface area contributed by atoms with Crippen molar-refractivity contribution in [3.05, 3.63) is 0 Å². The first-order chi connectivity index (χ1) is 4.83. The predicted octanol–water partition coefficient (Wildman–Crippen LogP) is 0.376. The molecule has 0 amide bonds. The molecule has 3 N–H and O–H groups in total. The fourth-order valence-electron chi connectivity index (χ4n) is 0.250. The highest BCUT2D eigenvalue weighted by Crippen LogP contribution is 1.73. The van der Waals surface area contributed by atoms with Gasteiger partial charge in [-0.2, -0.15) is 0 Å². The summed E-state index contributed by atoms with van der Waals surface area (Å²) in [4.78, 5) is 0. The summed E-state index contributed by atoms with van der Waals surface area (Å²) in [6.45, 7) is 1.55. The second kappa shape index (κ2) is 16.2. The molecule has 10 heavy (non-hydrogen) atoms. The number of nitrogens with two attached hydrogens (primary N) is 1. The molecule has 0 atom stereocenters. The molecular weight excluding hydrogens is 177 g/mol. The van der Waals surface area contributed by atoms with Crippen molar-refractivity contribution < 1.29 is 9.84 Å². The van der Waals surface area contributed by atoms with Crippen LogP contribution in [0.4, 0.5) is 0 Å². The van der Waals surface area contributed by atoms with Crippen molar-refractivity contribution in [1.82, 2.24) is 0 Å². The average Bonchev–Trinajstić information content (AvgIpc) is 1.91. The van der Waals surface area contributed by atoms with E-state index >= 15 is 0 Å². The zero-order valence-corrected chi connectivity index (χ0v) is 7.24. The largest absolute Gasteiger partial charge is 0.394 e. The first-order valence-corrected chi connectivity index (χ1v) is 3.91. The molecule has 0 heterocycles. The fraction of sp³-hybridized carbons (Fsp3) is 1.00. The van der Waals surface area contributed by atoms with Crippen LogP contribution in [0.25, 0.3) is 0 Å². The molecule has 5 heteroatoms. The SMILES string of the molecule is ClCCl.NCCOCCO. The first-order valence-electron chi connectivity index (χ1n) is 2.84. The first kappa shape index (κ1) is 13.1. The summed E-state index contributed by atoms with van der Waals surface area (Å²) >= 11 is 9.53. The zero-order chi connectivity index (χ0) is 8.24. The van der Waals surface area contributed by atoms with Gasteiger partial charge >= 0.3 is 0 Å². The number of hydrogen-bond donors (Lipinski definition) is 2. The number of aliphatic hydroxyl groups is 1. The van der Waals surface area contributed by atoms with Crippen LogP contribution in [-0.4, -0.2) is 36.8 Å². The number of ether oxygens (including phenoxy) is 1. The number of hydrogen-bond acceptors (Lipinski definition) is 3. The zero-order valence-electron chi connectivity index (χ0n) is 5.72. The van der Waals surface area contributed by atoms with Crippen LogP contribution in [0.3, 0.4) is 0 Å². The van der Waals surface area contributed by atoms with E-state index in [0.717, 1.165) is 0 Å². The third kappa shape index (κ3) is 23.7. The molecule has 0 saturated carbocycles. The molecule has 0 aromatic rings. The maximum absolute atomic E-state index is 8.13. The van der Waals surface area contributed by atoms with E-state index in [-0.39, 0.29) is 11.9 Å². The van der Waals surface area contributed by atoms with Crippen LogP contribution in [0.5, 0.6) is 0 Å². The van der Waals surface area contributed by atoms with Crippen molar-refractivity contribution in [1.29, 1.82) is 0 Å². The van der Waals surface area contributed by atoms with Crippen molar-refractivity contribution >= 4 is 23.2 Å². The highest BCUT2D eigenvalue weighted by atomic mass is 35.5. The summed E-state index contributed by atoms with van der Waals surface area (Å²) in [5.74, 6) is 0. The van der Waals surface area contributed by atoms with Crippen LogP contribution in [-0.2, 0) is 4.74 Å². The van der Waals surface area contributed by atoms with E-state index in [9.17, 15) is 0 Å². The summed E-state index contributed by atoms with van der Waals surface area (Å²) in [6, 6.07) is 0. The van der Waals surface area contributed by atoms with Gasteiger partial charge in [-0.3, -0.25) is 0 Å². The summed E-state index contributed by atoms with van der Waals surface area (Å²) < 4.78 is 4.76. The van der Waals surface area contributed by atoms with Gasteiger partial charge in [0.05, 0.1) is 25.2 Å². The third-order valence-electron chi connectivity index (χ3n) is 0.498. The quantitative estimate of drug-likeness (QED) is 0.497. The molecule has 0 spiro atoms. The van der Waals surface area contributed by atoms with Crippen LogP contribution in [0.15, 0.2) is 0 Å². The molecule has 0 rings (SSSR count). The highest BCUT2D eigenvalue weighted by molar-refractivity contribution is 6.40. The molecule has 64 valence electrons. The Morgan fingerprint density at radius 1 is 1.30 bits per heavy atom. The number of halogens is 2. The molecule has 0 aliphatic carbocycles. The molecular formula is C5H13Cl2NO2. The van der Waals surface area contributed by atoms with Crippen LogP contribution < -0.4 is 5.73 Å². The van der Waals surface area contributed by atoms with Gasteiger partial charge in [-0.1, -0.05) is 0 Å². The van der Waals surface area contributed by atoms with Crippen molar-refractivity contribution in [2.45, 2.75) is 0 Å². The number of rotatable bonds is 4. The van der Waals surface area contributed by atoms with Gasteiger partial charge in [-0.15, -0.1) is 23.2 Å². The van der Waals surface area contributed by atoms with E-state index in [1.807, 2.05) is 0 Å². The minimum absolute atomic E-state index is 0.0833. The van der Waals surface area contributed by atoms with Gasteiger partial charge < -0.3 is 15.6 Å². The number of aliphatic hydroxyl groups excluding tert-OH is 1. The molecule has 0 aliphatic heterocycles. The number of alkyl halides is 2. The Bertz CT molecular complexity index is 44.6. The second-order valence-electron chi connectivity index (χ2n) is 1.23. The van der Waals surface area contributed by atoms with Crippen LogP contribution in [0, 0.1) is 0 Å². The van der Waals surface area contributed by atoms with Gasteiger partial charge in [0, 0.05) is 6.54 Å². The van der Waals surface area contributed by atoms with Crippen molar-refractivity contribution in [2.24, 2.45) is 5.73 Å². The summed E-state index contributed by atoms with van der Waals surface area (Å²) in [6.07, 6.45) is 0. The Kier molecular flexibility index (Phi) is 21.2. The minimum Gasteiger partial charge on any atom is -0.394 e. The summed E-state index contributed by atoms with van der Waals surface area (Å²) in [5.41, 5.74) is 5.06. The van der Waals surface area contributed by atoms with Crippen molar-refractivity contribution in [3.63, 3.8) is 0 Å². The molecule has 0 unspecified atom stereocenters. The maximum atomic E-state index is 8.13. The van der Waals surface area contributed by atoms with Gasteiger partial charge in [0.1, 0.15) is 0 Å². The van der Waals surface area contributed by atoms with Gasteiger partial charge in [0.25, 0.3) is 0 Å². The van der Waals surface area contributed by atoms with E-state index in [0.29, 0.717) is 19.8 Å². The summed E-state index contributed by atoms with van der Waals surface area (Å²) in [7, 11) is 0. The Morgan fingerprint density at radius 2 is 1.80 bits per heavy atom. The van der Waals surface area contributed by atoms with Crippen molar-refractivity contribution in [3.8, 4) is 0 Å². The lowest BCUT2D eigenvalue weighted by atomic mass is 10.7. The lowest BCUT2D eigenvalue weighted by molar-refractivity contribution is 0.0976. The molecule has 0 aromatic carbocycles. The second-order valence-corrected chi connectivity index (χ2v) is 2.03. The highest BCUT2D eigenvalue weighted by Gasteiger charge is 1.78. The lowest BCUT2D eigenvalue weighted by Gasteiger charge is -1.95. The van der Waals surface area contributed by atoms with Crippen LogP contribution in [0.1, 0.15) is 0 Å². The lowest BCUT2D eigenvalue weighted by Crippen LogP contribution is -2.10. The van der Waals surface area contributed by atoms with E-state index in [4.69, 9.17) is 38.8 Å². The van der Waals surface area contributed by atoms with Crippen LogP contribution in [0.2, 0.25) is 0 Å². The Labute approximate surface area is 71.1 Å². The normalized spacial score (nSPS) is 8.40. The monoisotopic (exact) mass is 189 g/mol. The molecule has 0 fully saturated rings. The topological polar surface area (TPSA) is 55.5 Å². The predicted molar refractivity (Wildman–Crippen MR) is 43.5 cm³/mol. The smallest absolute Gasteiger partial charge is 0.0967 e. The molecule has 0 aliphatic rings. The molecule has 0 bridgehead atoms. The Morgan fingerprint density at radius 3 is 2.10 bits per heavy atom. The fourth-order valence-corrected chi connectivity index (χ4v) is 0.250. The van der Waals surface area contributed by atoms with Gasteiger partial charge in [0.15, 0.2) is 0 Å². The molecule has 0 saturated heterocycles. The van der Waals surface area contributed by atoms with Gasteiger partial charge in [-0.05, 0) is 0 Å². The minimum atomic E-state index is 0.0833. The average molecular weight is 190 g/mol. The third-order valence-corrected chi connectivity index (χ3v) is 0.498. The van der Waals surface area contributed by atoms with Gasteiger partial charge in [-0.25, -0.2) is 0 Å². The maximum Gasteiger partial charge on any atom is 0.0967 e. The van der Waals surface area contributed by atoms with E-state index < -0.39 is 0 Å². The Hall–Kier alpha value is 0.460. The standard InChI is InChI=1S/C4H11NO2.CH2Cl2/c5-1-3-7-4-2-6;2-1-3/h6H,1-5H2;1H2. The van der Waals surface area contributed by atoms with Gasteiger partial charge in [0.2, 0.25) is 0 Å². The van der Waals surface area contributed by atoms with E-state index in [1.54, 1.807) is 0 Å². The van der Waals surface area contributed by atoms with Crippen LogP contribution >= 0.6 is 23.2 Å². The Balaban J connectivity index is 0.